The number of carbonyl (C=O) groups excluding carboxylic acids is 2. The Hall–Kier alpha value is -2.25. The quantitative estimate of drug-likeness (QED) is 0.793. The summed E-state index contributed by atoms with van der Waals surface area (Å²) < 4.78 is 0.932. The molecule has 0 aliphatic rings. The molecule has 2 N–H and O–H groups in total. The third-order valence-electron chi connectivity index (χ3n) is 3.20. The first-order valence-corrected chi connectivity index (χ1v) is 8.21. The number of carbonyl (C=O) groups is 2. The lowest BCUT2D eigenvalue weighted by Gasteiger charge is -2.10. The lowest BCUT2D eigenvalue weighted by atomic mass is 10.2. The third kappa shape index (κ3) is 5.43. The van der Waals surface area contributed by atoms with Gasteiger partial charge in [0.15, 0.2) is 0 Å². The SMILES string of the molecule is CN(C)CCNC(=O)c1cc(C(=O)Nc2ccc(Br)cc2)ccn1. The van der Waals surface area contributed by atoms with Gasteiger partial charge in [-0.3, -0.25) is 14.6 Å². The Morgan fingerprint density at radius 3 is 2.50 bits per heavy atom. The summed E-state index contributed by atoms with van der Waals surface area (Å²) in [5.74, 6) is -0.586. The molecule has 0 saturated carbocycles. The van der Waals surface area contributed by atoms with E-state index < -0.39 is 0 Å². The maximum Gasteiger partial charge on any atom is 0.269 e. The predicted molar refractivity (Wildman–Crippen MR) is 97.2 cm³/mol. The van der Waals surface area contributed by atoms with E-state index in [1.54, 1.807) is 18.2 Å². The lowest BCUT2D eigenvalue weighted by molar-refractivity contribution is 0.0946. The van der Waals surface area contributed by atoms with Crippen molar-refractivity contribution in [2.45, 2.75) is 0 Å². The van der Waals surface area contributed by atoms with Crippen LogP contribution < -0.4 is 10.6 Å². The molecule has 6 nitrogen and oxygen atoms in total. The summed E-state index contributed by atoms with van der Waals surface area (Å²) in [5.41, 5.74) is 1.28. The second-order valence-corrected chi connectivity index (χ2v) is 6.37. The first-order valence-electron chi connectivity index (χ1n) is 7.41. The van der Waals surface area contributed by atoms with Crippen LogP contribution in [0.2, 0.25) is 0 Å². The normalized spacial score (nSPS) is 10.5. The van der Waals surface area contributed by atoms with Gasteiger partial charge in [0.25, 0.3) is 11.8 Å². The third-order valence-corrected chi connectivity index (χ3v) is 3.73. The van der Waals surface area contributed by atoms with Gasteiger partial charge in [-0.05, 0) is 50.5 Å². The summed E-state index contributed by atoms with van der Waals surface area (Å²) >= 11 is 3.34. The van der Waals surface area contributed by atoms with E-state index in [2.05, 4.69) is 31.5 Å². The smallest absolute Gasteiger partial charge is 0.269 e. The van der Waals surface area contributed by atoms with Gasteiger partial charge in [-0.15, -0.1) is 0 Å². The second kappa shape index (κ2) is 8.56. The number of hydrogen-bond donors (Lipinski definition) is 2. The van der Waals surface area contributed by atoms with Gasteiger partial charge in [0.05, 0.1) is 0 Å². The number of halogens is 1. The van der Waals surface area contributed by atoms with Gasteiger partial charge < -0.3 is 15.5 Å². The number of anilines is 1. The van der Waals surface area contributed by atoms with Crippen LogP contribution >= 0.6 is 15.9 Å². The van der Waals surface area contributed by atoms with Crippen LogP contribution in [0.3, 0.4) is 0 Å². The standard InChI is InChI=1S/C17H19BrN4O2/c1-22(2)10-9-20-17(24)15-11-12(7-8-19-15)16(23)21-14-5-3-13(18)4-6-14/h3-8,11H,9-10H2,1-2H3,(H,20,24)(H,21,23). The van der Waals surface area contributed by atoms with Gasteiger partial charge >= 0.3 is 0 Å². The van der Waals surface area contributed by atoms with Crippen molar-refractivity contribution in [3.8, 4) is 0 Å². The molecule has 0 bridgehead atoms. The first-order chi connectivity index (χ1) is 11.5. The number of benzene rings is 1. The maximum absolute atomic E-state index is 12.3. The van der Waals surface area contributed by atoms with Crippen LogP contribution in [0, 0.1) is 0 Å². The average Bonchev–Trinajstić information content (AvgIpc) is 2.56. The topological polar surface area (TPSA) is 74.3 Å². The number of amides is 2. The van der Waals surface area contributed by atoms with Crippen molar-refractivity contribution in [3.05, 3.63) is 58.3 Å². The minimum atomic E-state index is -0.296. The molecule has 2 rings (SSSR count). The van der Waals surface area contributed by atoms with Gasteiger partial charge in [-0.2, -0.15) is 0 Å². The minimum Gasteiger partial charge on any atom is -0.349 e. The summed E-state index contributed by atoms with van der Waals surface area (Å²) in [7, 11) is 3.86. The van der Waals surface area contributed by atoms with E-state index in [0.717, 1.165) is 11.0 Å². The lowest BCUT2D eigenvalue weighted by Crippen LogP contribution is -2.32. The number of hydrogen-bond acceptors (Lipinski definition) is 4. The zero-order valence-corrected chi connectivity index (χ0v) is 15.1. The monoisotopic (exact) mass is 390 g/mol. The summed E-state index contributed by atoms with van der Waals surface area (Å²) in [4.78, 5) is 30.4. The molecule has 2 amide bonds. The Balaban J connectivity index is 2.02. The first kappa shape index (κ1) is 18.1. The number of rotatable bonds is 6. The highest BCUT2D eigenvalue weighted by molar-refractivity contribution is 9.10. The highest BCUT2D eigenvalue weighted by Gasteiger charge is 2.12. The van der Waals surface area contributed by atoms with Gasteiger partial charge in [0.2, 0.25) is 0 Å². The van der Waals surface area contributed by atoms with E-state index in [0.29, 0.717) is 17.8 Å². The van der Waals surface area contributed by atoms with Gasteiger partial charge in [0.1, 0.15) is 5.69 Å². The van der Waals surface area contributed by atoms with Crippen LogP contribution in [0.4, 0.5) is 5.69 Å². The Bertz CT molecular complexity index is 717. The molecule has 0 radical (unpaired) electrons. The molecule has 1 heterocycles. The molecule has 126 valence electrons. The van der Waals surface area contributed by atoms with Crippen LogP contribution in [0.15, 0.2) is 47.1 Å². The summed E-state index contributed by atoms with van der Waals surface area (Å²) in [5, 5.41) is 5.56. The van der Waals surface area contributed by atoms with Crippen molar-refractivity contribution in [1.29, 1.82) is 0 Å². The van der Waals surface area contributed by atoms with Crippen LogP contribution in [-0.4, -0.2) is 48.9 Å². The number of nitrogens with zero attached hydrogens (tertiary/aromatic N) is 2. The Kier molecular flexibility index (Phi) is 6.45. The summed E-state index contributed by atoms with van der Waals surface area (Å²) in [6, 6.07) is 10.3. The Morgan fingerprint density at radius 1 is 1.12 bits per heavy atom. The predicted octanol–water partition coefficient (Wildman–Crippen LogP) is 2.39. The molecule has 2 aromatic rings. The summed E-state index contributed by atoms with van der Waals surface area (Å²) in [6.07, 6.45) is 1.46. The van der Waals surface area contributed by atoms with E-state index >= 15 is 0 Å². The van der Waals surface area contributed by atoms with Crippen molar-refractivity contribution in [2.75, 3.05) is 32.5 Å². The Labute approximate surface area is 149 Å². The zero-order valence-electron chi connectivity index (χ0n) is 13.5. The van der Waals surface area contributed by atoms with Crippen LogP contribution in [0.25, 0.3) is 0 Å². The van der Waals surface area contributed by atoms with Crippen LogP contribution in [0.1, 0.15) is 20.8 Å². The fourth-order valence-electron chi connectivity index (χ4n) is 1.92. The van der Waals surface area contributed by atoms with Crippen molar-refractivity contribution in [2.24, 2.45) is 0 Å². The molecule has 0 aliphatic carbocycles. The van der Waals surface area contributed by atoms with E-state index in [-0.39, 0.29) is 17.5 Å². The van der Waals surface area contributed by atoms with Gasteiger partial charge in [-0.1, -0.05) is 15.9 Å². The van der Waals surface area contributed by atoms with E-state index in [9.17, 15) is 9.59 Å². The fraction of sp³-hybridized carbons (Fsp3) is 0.235. The highest BCUT2D eigenvalue weighted by Crippen LogP contribution is 2.15. The zero-order chi connectivity index (χ0) is 17.5. The van der Waals surface area contributed by atoms with Crippen molar-refractivity contribution in [1.82, 2.24) is 15.2 Å². The number of likely N-dealkylation sites (N-methyl/N-ethyl adjacent to an activating group) is 1. The van der Waals surface area contributed by atoms with Crippen molar-refractivity contribution in [3.63, 3.8) is 0 Å². The minimum absolute atomic E-state index is 0.220. The number of aromatic nitrogens is 1. The molecule has 1 aromatic heterocycles. The molecule has 0 aliphatic heterocycles. The van der Waals surface area contributed by atoms with Crippen LogP contribution in [0.5, 0.6) is 0 Å². The van der Waals surface area contributed by atoms with Crippen molar-refractivity contribution < 1.29 is 9.59 Å². The average molecular weight is 391 g/mol. The highest BCUT2D eigenvalue weighted by atomic mass is 79.9. The maximum atomic E-state index is 12.3. The van der Waals surface area contributed by atoms with Crippen molar-refractivity contribution >= 4 is 33.4 Å². The molecule has 0 saturated heterocycles. The van der Waals surface area contributed by atoms with Gasteiger partial charge in [-0.25, -0.2) is 0 Å². The summed E-state index contributed by atoms with van der Waals surface area (Å²) in [6.45, 7) is 1.25. The molecular formula is C17H19BrN4O2. The van der Waals surface area contributed by atoms with Gasteiger partial charge in [0, 0.05) is 35.0 Å². The molecule has 24 heavy (non-hydrogen) atoms. The molecule has 0 fully saturated rings. The van der Waals surface area contributed by atoms with E-state index in [1.807, 2.05) is 31.1 Å². The number of nitrogens with one attached hydrogen (secondary N) is 2. The fourth-order valence-corrected chi connectivity index (χ4v) is 2.18. The molecule has 7 heteroatoms. The number of pyridine rings is 1. The van der Waals surface area contributed by atoms with E-state index in [4.69, 9.17) is 0 Å². The molecule has 1 aromatic carbocycles. The second-order valence-electron chi connectivity index (χ2n) is 5.45. The van der Waals surface area contributed by atoms with Crippen LogP contribution in [-0.2, 0) is 0 Å². The Morgan fingerprint density at radius 2 is 1.83 bits per heavy atom. The molecule has 0 atom stereocenters. The largest absolute Gasteiger partial charge is 0.349 e. The van der Waals surface area contributed by atoms with E-state index in [1.165, 1.54) is 12.3 Å². The molecule has 0 unspecified atom stereocenters. The molecule has 0 spiro atoms. The molecular weight excluding hydrogens is 372 g/mol.